The molecule has 0 bridgehead atoms. The first-order chi connectivity index (χ1) is 8.20. The Hall–Kier alpha value is -0.360. The summed E-state index contributed by atoms with van der Waals surface area (Å²) in [6.45, 7) is 4.16. The van der Waals surface area contributed by atoms with Crippen LogP contribution in [0.25, 0.3) is 0 Å². The number of thiophene rings is 1. The van der Waals surface area contributed by atoms with Gasteiger partial charge in [-0.25, -0.2) is 4.98 Å². The van der Waals surface area contributed by atoms with Crippen molar-refractivity contribution < 1.29 is 0 Å². The minimum atomic E-state index is 0.179. The monoisotopic (exact) mass is 284 g/mol. The Morgan fingerprint density at radius 2 is 2.29 bits per heavy atom. The van der Waals surface area contributed by atoms with Crippen molar-refractivity contribution in [3.8, 4) is 0 Å². The molecule has 2 aromatic heterocycles. The topological polar surface area (TPSA) is 38.9 Å². The van der Waals surface area contributed by atoms with Crippen LogP contribution in [0.5, 0.6) is 0 Å². The van der Waals surface area contributed by atoms with Gasteiger partial charge in [0.15, 0.2) is 4.34 Å². The molecule has 2 unspecified atom stereocenters. The Morgan fingerprint density at radius 1 is 1.47 bits per heavy atom. The highest BCUT2D eigenvalue weighted by Gasteiger charge is 2.21. The number of thioether (sulfide) groups is 1. The van der Waals surface area contributed by atoms with Crippen LogP contribution in [0.1, 0.15) is 29.9 Å². The van der Waals surface area contributed by atoms with E-state index < -0.39 is 0 Å². The predicted octanol–water partition coefficient (Wildman–Crippen LogP) is 4.08. The first-order valence-corrected chi connectivity index (χ1v) is 8.27. The molecule has 0 fully saturated rings. The number of nitrogens with two attached hydrogens (primary N) is 1. The molecule has 0 aliphatic rings. The molecule has 0 aromatic carbocycles. The number of hydrogen-bond donors (Lipinski definition) is 1. The highest BCUT2D eigenvalue weighted by molar-refractivity contribution is 8.01. The van der Waals surface area contributed by atoms with Gasteiger partial charge in [0.2, 0.25) is 0 Å². The van der Waals surface area contributed by atoms with Gasteiger partial charge in [-0.3, -0.25) is 0 Å². The van der Waals surface area contributed by atoms with Crippen LogP contribution >= 0.6 is 34.4 Å². The van der Waals surface area contributed by atoms with Crippen molar-refractivity contribution >= 4 is 34.4 Å². The smallest absolute Gasteiger partial charge is 0.150 e. The molecule has 2 aromatic rings. The van der Waals surface area contributed by atoms with E-state index in [4.69, 9.17) is 5.73 Å². The number of hydrogen-bond acceptors (Lipinski definition) is 5. The number of aromatic nitrogens is 1. The Labute approximate surface area is 114 Å². The van der Waals surface area contributed by atoms with Crippen LogP contribution in [0.15, 0.2) is 26.5 Å². The van der Waals surface area contributed by atoms with Gasteiger partial charge >= 0.3 is 0 Å². The molecule has 0 aliphatic heterocycles. The summed E-state index contributed by atoms with van der Waals surface area (Å²) in [4.78, 5) is 4.51. The van der Waals surface area contributed by atoms with Crippen LogP contribution in [-0.2, 0) is 0 Å². The standard InChI is InChI=1S/C12H16N2S3/c1-3-10(13)11(9-4-5-15-7-9)17-12-14-8(2)6-16-12/h4-7,10-11H,3,13H2,1-2H3. The van der Waals surface area contributed by atoms with Gasteiger partial charge in [0.25, 0.3) is 0 Å². The second kappa shape index (κ2) is 6.00. The molecule has 0 amide bonds. The van der Waals surface area contributed by atoms with Gasteiger partial charge in [0.1, 0.15) is 0 Å². The number of aryl methyl sites for hydroxylation is 1. The summed E-state index contributed by atoms with van der Waals surface area (Å²) in [6, 6.07) is 2.34. The maximum Gasteiger partial charge on any atom is 0.150 e. The fraction of sp³-hybridized carbons (Fsp3) is 0.417. The van der Waals surface area contributed by atoms with E-state index >= 15 is 0 Å². The van der Waals surface area contributed by atoms with Crippen molar-refractivity contribution in [1.82, 2.24) is 4.98 Å². The molecule has 2 atom stereocenters. The van der Waals surface area contributed by atoms with Crippen LogP contribution < -0.4 is 5.73 Å². The Kier molecular flexibility index (Phi) is 4.62. The van der Waals surface area contributed by atoms with Crippen molar-refractivity contribution in [1.29, 1.82) is 0 Å². The summed E-state index contributed by atoms with van der Waals surface area (Å²) in [7, 11) is 0. The Morgan fingerprint density at radius 3 is 2.82 bits per heavy atom. The van der Waals surface area contributed by atoms with Gasteiger partial charge in [0, 0.05) is 17.1 Å². The molecule has 5 heteroatoms. The highest BCUT2D eigenvalue weighted by atomic mass is 32.2. The second-order valence-electron chi connectivity index (χ2n) is 3.92. The summed E-state index contributed by atoms with van der Waals surface area (Å²) in [5, 5.41) is 6.70. The summed E-state index contributed by atoms with van der Waals surface area (Å²) < 4.78 is 1.11. The van der Waals surface area contributed by atoms with E-state index in [9.17, 15) is 0 Å². The Balaban J connectivity index is 2.17. The largest absolute Gasteiger partial charge is 0.326 e. The van der Waals surface area contributed by atoms with E-state index in [1.165, 1.54) is 5.56 Å². The molecule has 2 nitrogen and oxygen atoms in total. The lowest BCUT2D eigenvalue weighted by Gasteiger charge is -2.20. The number of nitrogens with zero attached hydrogens (tertiary/aromatic N) is 1. The molecular formula is C12H16N2S3. The van der Waals surface area contributed by atoms with Crippen molar-refractivity contribution in [3.63, 3.8) is 0 Å². The van der Waals surface area contributed by atoms with Gasteiger partial charge in [-0.1, -0.05) is 18.7 Å². The molecule has 2 heterocycles. The SMILES string of the molecule is CCC(N)C(Sc1nc(C)cs1)c1ccsc1. The molecule has 0 aliphatic carbocycles. The zero-order valence-corrected chi connectivity index (χ0v) is 12.4. The van der Waals surface area contributed by atoms with Crippen LogP contribution in [0.4, 0.5) is 0 Å². The average Bonchev–Trinajstić information content (AvgIpc) is 2.96. The Bertz CT molecular complexity index is 450. The second-order valence-corrected chi connectivity index (χ2v) is 6.95. The van der Waals surface area contributed by atoms with Crippen LogP contribution in [-0.4, -0.2) is 11.0 Å². The normalized spacial score (nSPS) is 14.8. The fourth-order valence-electron chi connectivity index (χ4n) is 1.55. The van der Waals surface area contributed by atoms with Crippen molar-refractivity contribution in [3.05, 3.63) is 33.5 Å². The van der Waals surface area contributed by atoms with Crippen LogP contribution in [0, 0.1) is 6.92 Å². The third kappa shape index (κ3) is 3.31. The average molecular weight is 284 g/mol. The first kappa shape index (κ1) is 13.1. The number of rotatable bonds is 5. The molecule has 92 valence electrons. The van der Waals surface area contributed by atoms with Gasteiger partial charge in [0.05, 0.1) is 5.25 Å². The lowest BCUT2D eigenvalue weighted by Crippen LogP contribution is -2.25. The zero-order valence-electron chi connectivity index (χ0n) is 9.92. The minimum Gasteiger partial charge on any atom is -0.326 e. The lowest BCUT2D eigenvalue weighted by molar-refractivity contribution is 0.635. The quantitative estimate of drug-likeness (QED) is 0.841. The van der Waals surface area contributed by atoms with E-state index in [0.717, 1.165) is 16.5 Å². The van der Waals surface area contributed by atoms with Gasteiger partial charge < -0.3 is 5.73 Å². The van der Waals surface area contributed by atoms with Crippen LogP contribution in [0.3, 0.4) is 0 Å². The molecule has 0 spiro atoms. The molecular weight excluding hydrogens is 268 g/mol. The molecule has 0 radical (unpaired) electrons. The molecule has 0 saturated heterocycles. The third-order valence-corrected chi connectivity index (χ3v) is 5.76. The van der Waals surface area contributed by atoms with Crippen molar-refractivity contribution in [2.24, 2.45) is 5.73 Å². The lowest BCUT2D eigenvalue weighted by atomic mass is 10.1. The summed E-state index contributed by atoms with van der Waals surface area (Å²) in [5.74, 6) is 0. The third-order valence-electron chi connectivity index (χ3n) is 2.56. The number of thiazole rings is 1. The van der Waals surface area contributed by atoms with Crippen LogP contribution in [0.2, 0.25) is 0 Å². The summed E-state index contributed by atoms with van der Waals surface area (Å²) in [5.41, 5.74) is 8.63. The highest BCUT2D eigenvalue weighted by Crippen LogP contribution is 2.40. The predicted molar refractivity (Wildman–Crippen MR) is 78.0 cm³/mol. The van der Waals surface area contributed by atoms with Gasteiger partial charge in [-0.15, -0.1) is 11.3 Å². The van der Waals surface area contributed by atoms with Crippen molar-refractivity contribution in [2.75, 3.05) is 0 Å². The fourth-order valence-corrected chi connectivity index (χ4v) is 4.59. The van der Waals surface area contributed by atoms with Gasteiger partial charge in [-0.05, 0) is 35.7 Å². The van der Waals surface area contributed by atoms with E-state index in [0.29, 0.717) is 5.25 Å². The molecule has 2 rings (SSSR count). The maximum atomic E-state index is 6.22. The molecule has 0 saturated carbocycles. The van der Waals surface area contributed by atoms with E-state index in [1.54, 1.807) is 34.4 Å². The molecule has 2 N–H and O–H groups in total. The van der Waals surface area contributed by atoms with E-state index in [-0.39, 0.29) is 6.04 Å². The van der Waals surface area contributed by atoms with Crippen molar-refractivity contribution in [2.45, 2.75) is 35.9 Å². The van der Waals surface area contributed by atoms with E-state index in [1.807, 2.05) is 6.92 Å². The minimum absolute atomic E-state index is 0.179. The van der Waals surface area contributed by atoms with Gasteiger partial charge in [-0.2, -0.15) is 11.3 Å². The summed E-state index contributed by atoms with van der Waals surface area (Å²) >= 11 is 5.22. The zero-order chi connectivity index (χ0) is 12.3. The maximum absolute atomic E-state index is 6.22. The summed E-state index contributed by atoms with van der Waals surface area (Å²) in [6.07, 6.45) is 0.984. The first-order valence-electron chi connectivity index (χ1n) is 5.57. The molecule has 17 heavy (non-hydrogen) atoms. The van der Waals surface area contributed by atoms with E-state index in [2.05, 4.69) is 34.1 Å².